The Morgan fingerprint density at radius 3 is 2.07 bits per heavy atom. The van der Waals surface area contributed by atoms with Crippen LogP contribution in [0.2, 0.25) is 20.1 Å². The van der Waals surface area contributed by atoms with Crippen LogP contribution in [0.1, 0.15) is 20.7 Å². The summed E-state index contributed by atoms with van der Waals surface area (Å²) >= 11 is 24.0. The van der Waals surface area contributed by atoms with E-state index in [1.165, 1.54) is 6.26 Å². The SMILES string of the molecule is O=C(O)c1c(Cl)c(Cl)c(Cl)c(Cl)c1C(=O)Nc1ccccc1-c1ccco1. The Balaban J connectivity index is 2.11. The van der Waals surface area contributed by atoms with E-state index in [1.54, 1.807) is 36.4 Å². The van der Waals surface area contributed by atoms with Crippen molar-refractivity contribution in [2.75, 3.05) is 5.32 Å². The number of benzene rings is 2. The minimum Gasteiger partial charge on any atom is -0.478 e. The van der Waals surface area contributed by atoms with Gasteiger partial charge >= 0.3 is 5.97 Å². The van der Waals surface area contributed by atoms with Gasteiger partial charge in [0.1, 0.15) is 5.76 Å². The Bertz CT molecular complexity index is 1050. The maximum Gasteiger partial charge on any atom is 0.338 e. The van der Waals surface area contributed by atoms with Crippen molar-refractivity contribution in [1.82, 2.24) is 0 Å². The van der Waals surface area contributed by atoms with Gasteiger partial charge in [-0.1, -0.05) is 58.5 Å². The van der Waals surface area contributed by atoms with E-state index in [0.29, 0.717) is 17.0 Å². The molecule has 0 aliphatic heterocycles. The minimum atomic E-state index is -1.47. The zero-order valence-corrected chi connectivity index (χ0v) is 16.2. The Morgan fingerprint density at radius 1 is 0.852 bits per heavy atom. The minimum absolute atomic E-state index is 0.210. The molecular formula is C18H9Cl4NO4. The van der Waals surface area contributed by atoms with Crippen molar-refractivity contribution in [3.8, 4) is 11.3 Å². The fraction of sp³-hybridized carbons (Fsp3) is 0. The number of hydrogen-bond acceptors (Lipinski definition) is 3. The molecule has 138 valence electrons. The molecule has 5 nitrogen and oxygen atoms in total. The third-order valence-corrected chi connectivity index (χ3v) is 5.47. The number of rotatable bonds is 4. The monoisotopic (exact) mass is 443 g/mol. The number of furan rings is 1. The first-order valence-electron chi connectivity index (χ1n) is 7.36. The lowest BCUT2D eigenvalue weighted by molar-refractivity contribution is 0.0692. The van der Waals surface area contributed by atoms with Crippen molar-refractivity contribution in [3.63, 3.8) is 0 Å². The molecule has 3 aromatic rings. The first-order chi connectivity index (χ1) is 12.8. The topological polar surface area (TPSA) is 79.5 Å². The van der Waals surface area contributed by atoms with Crippen LogP contribution in [0.15, 0.2) is 47.1 Å². The molecule has 0 radical (unpaired) electrons. The molecule has 9 heteroatoms. The van der Waals surface area contributed by atoms with Gasteiger partial charge in [-0.2, -0.15) is 0 Å². The number of carbonyl (C=O) groups is 2. The van der Waals surface area contributed by atoms with Crippen LogP contribution >= 0.6 is 46.4 Å². The lowest BCUT2D eigenvalue weighted by Crippen LogP contribution is -2.18. The summed E-state index contributed by atoms with van der Waals surface area (Å²) in [5.74, 6) is -1.76. The molecule has 0 saturated carbocycles. The van der Waals surface area contributed by atoms with Gasteiger partial charge in [-0.3, -0.25) is 4.79 Å². The third kappa shape index (κ3) is 3.64. The maximum atomic E-state index is 12.8. The van der Waals surface area contributed by atoms with Crippen molar-refractivity contribution in [3.05, 3.63) is 73.9 Å². The quantitative estimate of drug-likeness (QED) is 0.355. The van der Waals surface area contributed by atoms with E-state index < -0.39 is 23.0 Å². The van der Waals surface area contributed by atoms with Gasteiger partial charge in [0.25, 0.3) is 5.91 Å². The van der Waals surface area contributed by atoms with E-state index >= 15 is 0 Å². The number of anilines is 1. The Labute approximate surface area is 173 Å². The average Bonchev–Trinajstić information content (AvgIpc) is 3.17. The Hall–Kier alpha value is -2.18. The van der Waals surface area contributed by atoms with Crippen LogP contribution in [0.3, 0.4) is 0 Å². The average molecular weight is 445 g/mol. The molecule has 1 heterocycles. The zero-order valence-electron chi connectivity index (χ0n) is 13.2. The van der Waals surface area contributed by atoms with Gasteiger partial charge in [-0.15, -0.1) is 0 Å². The fourth-order valence-electron chi connectivity index (χ4n) is 2.47. The normalized spacial score (nSPS) is 10.7. The predicted octanol–water partition coefficient (Wildman–Crippen LogP) is 6.51. The molecular weight excluding hydrogens is 436 g/mol. The fourth-order valence-corrected chi connectivity index (χ4v) is 3.49. The van der Waals surface area contributed by atoms with Gasteiger partial charge in [0.2, 0.25) is 0 Å². The van der Waals surface area contributed by atoms with Crippen LogP contribution in [-0.2, 0) is 0 Å². The van der Waals surface area contributed by atoms with E-state index in [9.17, 15) is 14.7 Å². The van der Waals surface area contributed by atoms with Crippen molar-refractivity contribution >= 4 is 64.0 Å². The molecule has 0 bridgehead atoms. The second-order valence-electron chi connectivity index (χ2n) is 5.29. The summed E-state index contributed by atoms with van der Waals surface area (Å²) in [6.45, 7) is 0. The zero-order chi connectivity index (χ0) is 19.7. The molecule has 1 aromatic heterocycles. The van der Waals surface area contributed by atoms with Crippen LogP contribution in [0.25, 0.3) is 11.3 Å². The summed E-state index contributed by atoms with van der Waals surface area (Å²) in [6, 6.07) is 10.2. The maximum absolute atomic E-state index is 12.8. The highest BCUT2D eigenvalue weighted by Gasteiger charge is 2.29. The van der Waals surface area contributed by atoms with Crippen LogP contribution in [-0.4, -0.2) is 17.0 Å². The third-order valence-electron chi connectivity index (χ3n) is 3.67. The molecule has 0 spiro atoms. The molecule has 0 unspecified atom stereocenters. The van der Waals surface area contributed by atoms with Crippen LogP contribution in [0.5, 0.6) is 0 Å². The molecule has 2 aromatic carbocycles. The van der Waals surface area contributed by atoms with Crippen LogP contribution < -0.4 is 5.32 Å². The van der Waals surface area contributed by atoms with Crippen LogP contribution in [0.4, 0.5) is 5.69 Å². The summed E-state index contributed by atoms with van der Waals surface area (Å²) < 4.78 is 5.36. The van der Waals surface area contributed by atoms with Gasteiger partial charge in [0.05, 0.1) is 43.2 Å². The van der Waals surface area contributed by atoms with Crippen molar-refractivity contribution in [1.29, 1.82) is 0 Å². The first kappa shape index (κ1) is 19.6. The second-order valence-corrected chi connectivity index (χ2v) is 6.80. The summed E-state index contributed by atoms with van der Waals surface area (Å²) in [7, 11) is 0. The number of aromatic carboxylic acids is 1. The van der Waals surface area contributed by atoms with Gasteiger partial charge in [0.15, 0.2) is 0 Å². The number of nitrogens with one attached hydrogen (secondary N) is 1. The van der Waals surface area contributed by atoms with Gasteiger partial charge in [-0.25, -0.2) is 4.79 Å². The van der Waals surface area contributed by atoms with Crippen molar-refractivity contribution in [2.45, 2.75) is 0 Å². The number of amides is 1. The summed E-state index contributed by atoms with van der Waals surface area (Å²) in [5.41, 5.74) is 0.0453. The van der Waals surface area contributed by atoms with Crippen LogP contribution in [0, 0.1) is 0 Å². The summed E-state index contributed by atoms with van der Waals surface area (Å²) in [4.78, 5) is 24.5. The van der Waals surface area contributed by atoms with E-state index in [0.717, 1.165) is 0 Å². The Morgan fingerprint density at radius 2 is 1.48 bits per heavy atom. The highest BCUT2D eigenvalue weighted by molar-refractivity contribution is 6.54. The number of hydrogen-bond donors (Lipinski definition) is 2. The number of halogens is 4. The van der Waals surface area contributed by atoms with E-state index in [1.807, 2.05) is 0 Å². The highest BCUT2D eigenvalue weighted by Crippen LogP contribution is 2.42. The predicted molar refractivity (Wildman–Crippen MR) is 106 cm³/mol. The number of carbonyl (C=O) groups excluding carboxylic acids is 1. The van der Waals surface area contributed by atoms with Gasteiger partial charge in [0, 0.05) is 5.56 Å². The Kier molecular flexibility index (Phi) is 5.67. The van der Waals surface area contributed by atoms with Crippen molar-refractivity contribution < 1.29 is 19.1 Å². The molecule has 0 aliphatic rings. The summed E-state index contributed by atoms with van der Waals surface area (Å²) in [5, 5.41) is 11.0. The second kappa shape index (κ2) is 7.82. The lowest BCUT2D eigenvalue weighted by Gasteiger charge is -2.15. The van der Waals surface area contributed by atoms with Gasteiger partial charge < -0.3 is 14.8 Å². The number of carboxylic acids is 1. The molecule has 0 saturated heterocycles. The van der Waals surface area contributed by atoms with E-state index in [4.69, 9.17) is 50.8 Å². The highest BCUT2D eigenvalue weighted by atomic mass is 35.5. The molecule has 3 rings (SSSR count). The van der Waals surface area contributed by atoms with E-state index in [-0.39, 0.29) is 20.1 Å². The lowest BCUT2D eigenvalue weighted by atomic mass is 10.1. The molecule has 0 fully saturated rings. The molecule has 2 N–H and O–H groups in total. The molecule has 0 atom stereocenters. The molecule has 1 amide bonds. The van der Waals surface area contributed by atoms with Gasteiger partial charge in [-0.05, 0) is 24.3 Å². The number of carboxylic acid groups (broad SMARTS) is 1. The van der Waals surface area contributed by atoms with Crippen molar-refractivity contribution in [2.24, 2.45) is 0 Å². The molecule has 0 aliphatic carbocycles. The summed E-state index contributed by atoms with van der Waals surface area (Å²) in [6.07, 6.45) is 1.49. The number of para-hydroxylation sites is 1. The standard InChI is InChI=1S/C18H9Cl4NO4/c19-13-11(12(18(25)26)14(20)16(22)15(13)21)17(24)23-9-5-2-1-4-8(9)10-6-3-7-27-10/h1-7H,(H,23,24)(H,25,26). The smallest absolute Gasteiger partial charge is 0.338 e. The first-order valence-corrected chi connectivity index (χ1v) is 8.87. The van der Waals surface area contributed by atoms with E-state index in [2.05, 4.69) is 5.32 Å². The largest absolute Gasteiger partial charge is 0.478 e. The molecule has 27 heavy (non-hydrogen) atoms.